The van der Waals surface area contributed by atoms with Gasteiger partial charge < -0.3 is 14.6 Å². The molecule has 152 valence electrons. The molecule has 1 N–H and O–H groups in total. The second-order valence-electron chi connectivity index (χ2n) is 8.51. The molecule has 0 spiro atoms. The molecule has 1 amide bonds. The fourth-order valence-electron chi connectivity index (χ4n) is 4.73. The van der Waals surface area contributed by atoms with E-state index in [4.69, 9.17) is 4.42 Å². The van der Waals surface area contributed by atoms with Gasteiger partial charge in [-0.15, -0.1) is 11.3 Å². The summed E-state index contributed by atoms with van der Waals surface area (Å²) >= 11 is 1.89. The zero-order valence-electron chi connectivity index (χ0n) is 17.0. The van der Waals surface area contributed by atoms with Crippen molar-refractivity contribution in [2.24, 2.45) is 0 Å². The van der Waals surface area contributed by atoms with Crippen LogP contribution in [0.4, 0.5) is 5.69 Å². The molecule has 0 aliphatic carbocycles. The number of fused-ring (bicyclic) bond motifs is 2. The zero-order valence-corrected chi connectivity index (χ0v) is 17.8. The van der Waals surface area contributed by atoms with Gasteiger partial charge in [-0.3, -0.25) is 4.79 Å². The Balaban J connectivity index is 1.17. The van der Waals surface area contributed by atoms with Gasteiger partial charge in [-0.05, 0) is 75.7 Å². The largest absolute Gasteiger partial charge is 0.464 e. The third kappa shape index (κ3) is 3.99. The average Bonchev–Trinajstić information content (AvgIpc) is 3.26. The number of rotatable bonds is 4. The van der Waals surface area contributed by atoms with E-state index < -0.39 is 0 Å². The van der Waals surface area contributed by atoms with Gasteiger partial charge in [-0.2, -0.15) is 0 Å². The lowest BCUT2D eigenvalue weighted by atomic mass is 9.89. The van der Waals surface area contributed by atoms with Crippen molar-refractivity contribution in [3.63, 3.8) is 0 Å². The molecule has 1 fully saturated rings. The maximum absolute atomic E-state index is 11.8. The summed E-state index contributed by atoms with van der Waals surface area (Å²) in [7, 11) is 0. The van der Waals surface area contributed by atoms with E-state index in [0.29, 0.717) is 12.3 Å². The van der Waals surface area contributed by atoms with Crippen molar-refractivity contribution in [2.75, 3.05) is 25.0 Å². The van der Waals surface area contributed by atoms with E-state index in [1.54, 1.807) is 0 Å². The van der Waals surface area contributed by atoms with Crippen LogP contribution in [0, 0.1) is 6.92 Å². The summed E-state index contributed by atoms with van der Waals surface area (Å²) < 4.78 is 5.83. The number of furan rings is 1. The lowest BCUT2D eigenvalue weighted by molar-refractivity contribution is -0.116. The van der Waals surface area contributed by atoms with Crippen LogP contribution in [0.25, 0.3) is 11.0 Å². The van der Waals surface area contributed by atoms with Crippen LogP contribution in [0.3, 0.4) is 0 Å². The molecular weight excluding hydrogens is 380 g/mol. The maximum atomic E-state index is 11.8. The summed E-state index contributed by atoms with van der Waals surface area (Å²) in [5.74, 6) is 0.764. The Labute approximate surface area is 175 Å². The number of benzene rings is 1. The normalized spacial score (nSPS) is 18.6. The Morgan fingerprint density at radius 1 is 1.21 bits per heavy atom. The standard InChI is InChI=1S/C24H28N2O2S/c1-16-5-6-19-20(15-28-22(19)13-16)17-7-10-26(11-8-17)12-9-18-14-21-23(29-18)3-2-4-24(27)25-21/h5-6,13-15,17H,2-4,7-12H2,1H3,(H,25,27). The second-order valence-corrected chi connectivity index (χ2v) is 9.73. The number of aryl methyl sites for hydroxylation is 2. The molecule has 0 bridgehead atoms. The lowest BCUT2D eigenvalue weighted by Gasteiger charge is -2.31. The molecule has 2 aromatic heterocycles. The predicted octanol–water partition coefficient (Wildman–Crippen LogP) is 5.50. The number of carbonyl (C=O) groups excluding carboxylic acids is 1. The molecule has 3 aromatic rings. The first-order chi connectivity index (χ1) is 14.2. The van der Waals surface area contributed by atoms with Crippen molar-refractivity contribution < 1.29 is 9.21 Å². The van der Waals surface area contributed by atoms with Crippen molar-refractivity contribution in [2.45, 2.75) is 51.4 Å². The highest BCUT2D eigenvalue weighted by atomic mass is 32.1. The summed E-state index contributed by atoms with van der Waals surface area (Å²) in [5.41, 5.74) is 4.72. The molecule has 1 saturated heterocycles. The summed E-state index contributed by atoms with van der Waals surface area (Å²) in [6, 6.07) is 8.74. The number of likely N-dealkylation sites (tertiary alicyclic amines) is 1. The van der Waals surface area contributed by atoms with Crippen LogP contribution in [0.2, 0.25) is 0 Å². The Morgan fingerprint density at radius 2 is 2.07 bits per heavy atom. The van der Waals surface area contributed by atoms with Crippen LogP contribution in [-0.4, -0.2) is 30.4 Å². The molecule has 5 heteroatoms. The smallest absolute Gasteiger partial charge is 0.224 e. The summed E-state index contributed by atoms with van der Waals surface area (Å²) in [5, 5.41) is 4.36. The molecule has 5 rings (SSSR count). The topological polar surface area (TPSA) is 45.5 Å². The minimum Gasteiger partial charge on any atom is -0.464 e. The number of hydrogen-bond donors (Lipinski definition) is 1. The SMILES string of the molecule is Cc1ccc2c(C3CCN(CCc4cc5c(s4)CCCC(=O)N5)CC3)coc2c1. The quantitative estimate of drug-likeness (QED) is 0.620. The van der Waals surface area contributed by atoms with Crippen molar-refractivity contribution in [1.29, 1.82) is 0 Å². The van der Waals surface area contributed by atoms with E-state index in [9.17, 15) is 4.79 Å². The second kappa shape index (κ2) is 7.96. The Kier molecular flexibility index (Phi) is 5.18. The first-order valence-corrected chi connectivity index (χ1v) is 11.6. The van der Waals surface area contributed by atoms with Crippen LogP contribution in [0.5, 0.6) is 0 Å². The predicted molar refractivity (Wildman–Crippen MR) is 119 cm³/mol. The summed E-state index contributed by atoms with van der Waals surface area (Å²) in [6.45, 7) is 5.50. The number of piperidine rings is 1. The molecule has 4 heterocycles. The highest BCUT2D eigenvalue weighted by Gasteiger charge is 2.24. The number of hydrogen-bond acceptors (Lipinski definition) is 4. The lowest BCUT2D eigenvalue weighted by Crippen LogP contribution is -2.34. The van der Waals surface area contributed by atoms with Crippen molar-refractivity contribution in [3.05, 3.63) is 51.4 Å². The Bertz CT molecular complexity index is 1030. The molecule has 0 radical (unpaired) electrons. The maximum Gasteiger partial charge on any atom is 0.224 e. The first kappa shape index (κ1) is 18.9. The average molecular weight is 409 g/mol. The molecule has 0 saturated carbocycles. The fourth-order valence-corrected chi connectivity index (χ4v) is 5.88. The monoisotopic (exact) mass is 408 g/mol. The minimum absolute atomic E-state index is 0.164. The number of anilines is 1. The van der Waals surface area contributed by atoms with Gasteiger partial charge in [0, 0.05) is 33.7 Å². The number of nitrogens with one attached hydrogen (secondary N) is 1. The van der Waals surface area contributed by atoms with Gasteiger partial charge in [0.25, 0.3) is 0 Å². The van der Waals surface area contributed by atoms with E-state index in [1.165, 1.54) is 39.1 Å². The number of nitrogens with zero attached hydrogens (tertiary/aromatic N) is 1. The van der Waals surface area contributed by atoms with Crippen LogP contribution in [0.1, 0.15) is 52.5 Å². The first-order valence-electron chi connectivity index (χ1n) is 10.8. The van der Waals surface area contributed by atoms with Crippen LogP contribution >= 0.6 is 11.3 Å². The van der Waals surface area contributed by atoms with Crippen molar-refractivity contribution in [1.82, 2.24) is 4.90 Å². The highest BCUT2D eigenvalue weighted by Crippen LogP contribution is 2.35. The molecule has 2 aliphatic rings. The highest BCUT2D eigenvalue weighted by molar-refractivity contribution is 7.12. The minimum atomic E-state index is 0.164. The summed E-state index contributed by atoms with van der Waals surface area (Å²) in [6.07, 6.45) is 8.09. The van der Waals surface area contributed by atoms with Gasteiger partial charge in [-0.25, -0.2) is 0 Å². The van der Waals surface area contributed by atoms with Gasteiger partial charge in [0.05, 0.1) is 12.0 Å². The molecule has 0 atom stereocenters. The Hall–Kier alpha value is -2.11. The van der Waals surface area contributed by atoms with E-state index in [-0.39, 0.29) is 5.91 Å². The number of amides is 1. The van der Waals surface area contributed by atoms with Crippen LogP contribution in [-0.2, 0) is 17.6 Å². The third-order valence-corrected chi connectivity index (χ3v) is 7.66. The van der Waals surface area contributed by atoms with Gasteiger partial charge in [0.15, 0.2) is 0 Å². The van der Waals surface area contributed by atoms with Crippen molar-refractivity contribution >= 4 is 33.9 Å². The van der Waals surface area contributed by atoms with E-state index in [1.807, 2.05) is 17.6 Å². The molecule has 4 nitrogen and oxygen atoms in total. The molecule has 2 aliphatic heterocycles. The molecule has 1 aromatic carbocycles. The fraction of sp³-hybridized carbons (Fsp3) is 0.458. The third-order valence-electron chi connectivity index (χ3n) is 6.40. The van der Waals surface area contributed by atoms with Crippen LogP contribution in [0.15, 0.2) is 34.9 Å². The van der Waals surface area contributed by atoms with Gasteiger partial charge in [0.2, 0.25) is 5.91 Å². The summed E-state index contributed by atoms with van der Waals surface area (Å²) in [4.78, 5) is 17.1. The van der Waals surface area contributed by atoms with Crippen LogP contribution < -0.4 is 5.32 Å². The van der Waals surface area contributed by atoms with Gasteiger partial charge in [-0.1, -0.05) is 12.1 Å². The Morgan fingerprint density at radius 3 is 2.93 bits per heavy atom. The van der Waals surface area contributed by atoms with E-state index in [2.05, 4.69) is 41.4 Å². The molecule has 0 unspecified atom stereocenters. The van der Waals surface area contributed by atoms with Gasteiger partial charge in [0.1, 0.15) is 5.58 Å². The number of thiophene rings is 1. The van der Waals surface area contributed by atoms with Gasteiger partial charge >= 0.3 is 0 Å². The molecule has 29 heavy (non-hydrogen) atoms. The zero-order chi connectivity index (χ0) is 19.8. The van der Waals surface area contributed by atoms with E-state index in [0.717, 1.165) is 50.2 Å². The van der Waals surface area contributed by atoms with E-state index >= 15 is 0 Å². The van der Waals surface area contributed by atoms with Crippen molar-refractivity contribution in [3.8, 4) is 0 Å². The number of carbonyl (C=O) groups is 1. The molecular formula is C24H28N2O2S.